The van der Waals surface area contributed by atoms with Crippen molar-refractivity contribution >= 4 is 34.2 Å². The Bertz CT molecular complexity index is 550. The summed E-state index contributed by atoms with van der Waals surface area (Å²) in [4.78, 5) is 14.5. The van der Waals surface area contributed by atoms with Crippen LogP contribution in [0.3, 0.4) is 0 Å². The van der Waals surface area contributed by atoms with E-state index < -0.39 is 5.54 Å². The van der Waals surface area contributed by atoms with Crippen molar-refractivity contribution in [1.29, 1.82) is 0 Å². The minimum absolute atomic E-state index is 0. The first-order chi connectivity index (χ1) is 10.2. The molecule has 1 aromatic carbocycles. The third-order valence-electron chi connectivity index (χ3n) is 4.89. The van der Waals surface area contributed by atoms with E-state index >= 15 is 0 Å². The molecule has 0 saturated heterocycles. The summed E-state index contributed by atoms with van der Waals surface area (Å²) in [5.41, 5.74) is 6.33. The van der Waals surface area contributed by atoms with Crippen molar-refractivity contribution < 1.29 is 9.53 Å². The Hall–Kier alpha value is -0.620. The third-order valence-corrected chi connectivity index (χ3v) is 5.42. The number of benzene rings is 1. The van der Waals surface area contributed by atoms with Crippen LogP contribution in [0, 0.1) is 5.41 Å². The van der Waals surface area contributed by atoms with Crippen molar-refractivity contribution in [2.45, 2.75) is 45.4 Å². The molecule has 2 N–H and O–H groups in total. The number of hydrogen-bond acceptors (Lipinski definition) is 3. The highest BCUT2D eigenvalue weighted by Crippen LogP contribution is 2.50. The van der Waals surface area contributed by atoms with E-state index in [1.54, 1.807) is 4.90 Å². The third kappa shape index (κ3) is 3.73. The molecular formula is C17H26BrClN2O2. The van der Waals surface area contributed by atoms with Gasteiger partial charge in [-0.1, -0.05) is 41.9 Å². The number of ether oxygens (including phenoxy) is 1. The van der Waals surface area contributed by atoms with Crippen molar-refractivity contribution in [3.05, 3.63) is 34.3 Å². The van der Waals surface area contributed by atoms with E-state index in [1.165, 1.54) is 0 Å². The Morgan fingerprint density at radius 3 is 2.43 bits per heavy atom. The maximum atomic E-state index is 12.8. The molecule has 1 aliphatic carbocycles. The Morgan fingerprint density at radius 2 is 1.96 bits per heavy atom. The summed E-state index contributed by atoms with van der Waals surface area (Å²) in [6.07, 6.45) is 0.629. The lowest BCUT2D eigenvalue weighted by Crippen LogP contribution is -2.75. The zero-order chi connectivity index (χ0) is 16.5. The molecule has 0 aromatic heterocycles. The van der Waals surface area contributed by atoms with Gasteiger partial charge in [-0.15, -0.1) is 12.4 Å². The van der Waals surface area contributed by atoms with Gasteiger partial charge in [0.2, 0.25) is 5.91 Å². The van der Waals surface area contributed by atoms with Crippen molar-refractivity contribution in [2.24, 2.45) is 11.1 Å². The molecule has 6 heteroatoms. The minimum atomic E-state index is -0.850. The van der Waals surface area contributed by atoms with E-state index in [0.29, 0.717) is 19.6 Å². The van der Waals surface area contributed by atoms with E-state index in [-0.39, 0.29) is 29.8 Å². The number of carbonyl (C=O) groups excluding carboxylic acids is 1. The van der Waals surface area contributed by atoms with Crippen molar-refractivity contribution in [2.75, 3.05) is 13.7 Å². The summed E-state index contributed by atoms with van der Waals surface area (Å²) in [5.74, 6) is -0.0172. The first-order valence-corrected chi connectivity index (χ1v) is 8.42. The number of likely N-dealkylation sites (N-methyl/N-ethyl adjacent to an activating group) is 1. The first kappa shape index (κ1) is 20.4. The molecule has 0 aliphatic heterocycles. The number of halogens is 2. The predicted octanol–water partition coefficient (Wildman–Crippen LogP) is 3.36. The van der Waals surface area contributed by atoms with E-state index in [2.05, 4.69) is 15.9 Å². The largest absolute Gasteiger partial charge is 0.378 e. The van der Waals surface area contributed by atoms with Crippen LogP contribution >= 0.6 is 28.3 Å². The monoisotopic (exact) mass is 404 g/mol. The molecule has 0 spiro atoms. The number of hydrogen-bond donors (Lipinski definition) is 1. The topological polar surface area (TPSA) is 55.6 Å². The summed E-state index contributed by atoms with van der Waals surface area (Å²) in [7, 11) is 1.81. The van der Waals surface area contributed by atoms with Crippen LogP contribution in [0.15, 0.2) is 28.7 Å². The fourth-order valence-electron chi connectivity index (χ4n) is 3.07. The highest BCUT2D eigenvalue weighted by atomic mass is 79.9. The van der Waals surface area contributed by atoms with Crippen molar-refractivity contribution in [3.8, 4) is 0 Å². The van der Waals surface area contributed by atoms with E-state index in [9.17, 15) is 4.79 Å². The molecule has 1 amide bonds. The zero-order valence-electron chi connectivity index (χ0n) is 14.1. The molecular weight excluding hydrogens is 380 g/mol. The fourth-order valence-corrected chi connectivity index (χ4v) is 3.34. The molecule has 1 fully saturated rings. The van der Waals surface area contributed by atoms with Crippen LogP contribution in [0.25, 0.3) is 0 Å². The first-order valence-electron chi connectivity index (χ1n) is 7.63. The van der Waals surface area contributed by atoms with Crippen LogP contribution < -0.4 is 5.73 Å². The summed E-state index contributed by atoms with van der Waals surface area (Å²) >= 11 is 3.41. The van der Waals surface area contributed by atoms with E-state index in [1.807, 2.05) is 52.1 Å². The Balaban J connectivity index is 0.00000264. The van der Waals surface area contributed by atoms with Gasteiger partial charge in [-0.25, -0.2) is 0 Å². The van der Waals surface area contributed by atoms with Gasteiger partial charge >= 0.3 is 0 Å². The lowest BCUT2D eigenvalue weighted by atomic mass is 9.54. The normalized spacial score (nSPS) is 25.2. The van der Waals surface area contributed by atoms with Gasteiger partial charge in [-0.05, 0) is 24.6 Å². The maximum Gasteiger partial charge on any atom is 0.243 e. The molecule has 0 heterocycles. The second kappa shape index (κ2) is 7.51. The Kier molecular flexibility index (Phi) is 6.67. The molecule has 1 aliphatic rings. The van der Waals surface area contributed by atoms with Crippen LogP contribution in [-0.2, 0) is 16.1 Å². The highest BCUT2D eigenvalue weighted by Gasteiger charge is 2.63. The zero-order valence-corrected chi connectivity index (χ0v) is 16.5. The summed E-state index contributed by atoms with van der Waals surface area (Å²) in [6.45, 7) is 7.20. The van der Waals surface area contributed by atoms with Gasteiger partial charge in [-0.2, -0.15) is 0 Å². The Labute approximate surface area is 153 Å². The average Bonchev–Trinajstić information content (AvgIpc) is 2.48. The lowest BCUT2D eigenvalue weighted by molar-refractivity contribution is -0.178. The van der Waals surface area contributed by atoms with Gasteiger partial charge in [-0.3, -0.25) is 4.79 Å². The van der Waals surface area contributed by atoms with Gasteiger partial charge in [0.25, 0.3) is 0 Å². The van der Waals surface area contributed by atoms with Gasteiger partial charge in [0.15, 0.2) is 0 Å². The van der Waals surface area contributed by atoms with Crippen LogP contribution in [0.4, 0.5) is 0 Å². The number of nitrogens with zero attached hydrogens (tertiary/aromatic N) is 1. The van der Waals surface area contributed by atoms with Gasteiger partial charge in [0.05, 0.1) is 6.10 Å². The predicted molar refractivity (Wildman–Crippen MR) is 98.6 cm³/mol. The molecule has 130 valence electrons. The highest BCUT2D eigenvalue weighted by molar-refractivity contribution is 9.10. The smallest absolute Gasteiger partial charge is 0.243 e. The van der Waals surface area contributed by atoms with E-state index in [0.717, 1.165) is 10.0 Å². The summed E-state index contributed by atoms with van der Waals surface area (Å²) in [5, 5.41) is 0. The van der Waals surface area contributed by atoms with Crippen molar-refractivity contribution in [1.82, 2.24) is 4.90 Å². The second-order valence-corrected chi connectivity index (χ2v) is 7.54. The number of amides is 1. The maximum absolute atomic E-state index is 12.8. The Morgan fingerprint density at radius 1 is 1.39 bits per heavy atom. The molecule has 0 radical (unpaired) electrons. The number of carbonyl (C=O) groups is 1. The SMILES string of the molecule is CCOC1CC(N)(C(=O)N(C)Cc2ccc(Br)cc2)C1(C)C.Cl. The molecule has 4 nitrogen and oxygen atoms in total. The second-order valence-electron chi connectivity index (χ2n) is 6.63. The molecule has 1 saturated carbocycles. The quantitative estimate of drug-likeness (QED) is 0.817. The van der Waals surface area contributed by atoms with Crippen LogP contribution in [0.2, 0.25) is 0 Å². The molecule has 2 atom stereocenters. The number of rotatable bonds is 5. The average molecular weight is 406 g/mol. The number of nitrogens with two attached hydrogens (primary N) is 1. The van der Waals surface area contributed by atoms with Gasteiger partial charge < -0.3 is 15.4 Å². The van der Waals surface area contributed by atoms with E-state index in [4.69, 9.17) is 10.5 Å². The molecule has 1 aromatic rings. The summed E-state index contributed by atoms with van der Waals surface area (Å²) in [6, 6.07) is 7.96. The standard InChI is InChI=1S/C17H25BrN2O2.ClH/c1-5-22-14-10-17(19,16(14,2)3)15(21)20(4)11-12-6-8-13(18)9-7-12;/h6-9,14H,5,10-11,19H2,1-4H3;1H. The van der Waals surface area contributed by atoms with Gasteiger partial charge in [0, 0.05) is 36.5 Å². The lowest BCUT2D eigenvalue weighted by Gasteiger charge is -2.58. The molecule has 23 heavy (non-hydrogen) atoms. The minimum Gasteiger partial charge on any atom is -0.378 e. The van der Waals surface area contributed by atoms with Crippen molar-refractivity contribution in [3.63, 3.8) is 0 Å². The fraction of sp³-hybridized carbons (Fsp3) is 0.588. The van der Waals surface area contributed by atoms with Crippen LogP contribution in [-0.4, -0.2) is 36.1 Å². The van der Waals surface area contributed by atoms with Crippen LogP contribution in [0.5, 0.6) is 0 Å². The summed E-state index contributed by atoms with van der Waals surface area (Å²) < 4.78 is 6.72. The van der Waals surface area contributed by atoms with Gasteiger partial charge in [0.1, 0.15) is 5.54 Å². The molecule has 0 bridgehead atoms. The molecule has 2 rings (SSSR count). The van der Waals surface area contributed by atoms with Crippen LogP contribution in [0.1, 0.15) is 32.8 Å². The molecule has 2 unspecified atom stereocenters.